The summed E-state index contributed by atoms with van der Waals surface area (Å²) in [5.41, 5.74) is 8.82. The quantitative estimate of drug-likeness (QED) is 0.762. The predicted octanol–water partition coefficient (Wildman–Crippen LogP) is 3.47. The highest BCUT2D eigenvalue weighted by Crippen LogP contribution is 2.27. The van der Waals surface area contributed by atoms with Crippen LogP contribution in [0, 0.1) is 19.7 Å². The molecule has 2 aromatic carbocycles. The summed E-state index contributed by atoms with van der Waals surface area (Å²) >= 11 is 0. The third-order valence-electron chi connectivity index (χ3n) is 4.21. The number of rotatable bonds is 4. The molecule has 0 unspecified atom stereocenters. The van der Waals surface area contributed by atoms with Gasteiger partial charge in [0.05, 0.1) is 18.2 Å². The van der Waals surface area contributed by atoms with Crippen LogP contribution in [-0.4, -0.2) is 11.8 Å². The zero-order valence-corrected chi connectivity index (χ0v) is 13.9. The zero-order chi connectivity index (χ0) is 18.1. The van der Waals surface area contributed by atoms with Crippen LogP contribution in [0.3, 0.4) is 0 Å². The minimum absolute atomic E-state index is 0.0960. The number of carbonyl (C=O) groups is 2. The fourth-order valence-electron chi connectivity index (χ4n) is 2.70. The molecule has 0 spiro atoms. The van der Waals surface area contributed by atoms with E-state index < -0.39 is 11.7 Å². The summed E-state index contributed by atoms with van der Waals surface area (Å²) in [6, 6.07) is 7.59. The zero-order valence-electron chi connectivity index (χ0n) is 13.9. The van der Waals surface area contributed by atoms with Crippen molar-refractivity contribution in [2.75, 3.05) is 5.32 Å². The maximum Gasteiger partial charge on any atom is 0.251 e. The Balaban J connectivity index is 1.81. The lowest BCUT2D eigenvalue weighted by Gasteiger charge is -2.07. The van der Waals surface area contributed by atoms with Crippen molar-refractivity contribution >= 4 is 28.5 Å². The van der Waals surface area contributed by atoms with Gasteiger partial charge >= 0.3 is 0 Å². The van der Waals surface area contributed by atoms with Gasteiger partial charge in [-0.25, -0.2) is 4.39 Å². The summed E-state index contributed by atoms with van der Waals surface area (Å²) in [6.45, 7) is 3.96. The Morgan fingerprint density at radius 2 is 1.96 bits per heavy atom. The first kappa shape index (κ1) is 16.7. The lowest BCUT2D eigenvalue weighted by Crippen LogP contribution is -2.17. The summed E-state index contributed by atoms with van der Waals surface area (Å²) in [7, 11) is 0. The molecule has 3 aromatic rings. The average Bonchev–Trinajstić information content (AvgIpc) is 2.96. The van der Waals surface area contributed by atoms with Crippen molar-refractivity contribution in [1.29, 1.82) is 0 Å². The fraction of sp³-hybridized carbons (Fsp3) is 0.158. The number of halogens is 1. The van der Waals surface area contributed by atoms with Gasteiger partial charge in [-0.2, -0.15) is 0 Å². The lowest BCUT2D eigenvalue weighted by molar-refractivity contribution is -0.115. The number of hydrogen-bond acceptors (Lipinski definition) is 3. The molecule has 128 valence electrons. The first-order chi connectivity index (χ1) is 11.9. The van der Waals surface area contributed by atoms with Crippen molar-refractivity contribution in [3.63, 3.8) is 0 Å². The van der Waals surface area contributed by atoms with Crippen LogP contribution < -0.4 is 11.1 Å². The summed E-state index contributed by atoms with van der Waals surface area (Å²) in [5.74, 6) is -1.92. The summed E-state index contributed by atoms with van der Waals surface area (Å²) in [4.78, 5) is 23.5. The number of amides is 2. The van der Waals surface area contributed by atoms with Gasteiger partial charge in [0.1, 0.15) is 11.4 Å². The highest BCUT2D eigenvalue weighted by Gasteiger charge is 2.14. The van der Waals surface area contributed by atoms with Crippen LogP contribution in [0.25, 0.3) is 11.0 Å². The number of nitrogens with two attached hydrogens (primary N) is 1. The van der Waals surface area contributed by atoms with Crippen LogP contribution >= 0.6 is 0 Å². The molecular formula is C19H17FN2O3. The Labute approximate surface area is 143 Å². The van der Waals surface area contributed by atoms with E-state index in [4.69, 9.17) is 10.2 Å². The summed E-state index contributed by atoms with van der Waals surface area (Å²) < 4.78 is 19.1. The number of primary amides is 1. The van der Waals surface area contributed by atoms with E-state index >= 15 is 0 Å². The second kappa shape index (κ2) is 6.39. The van der Waals surface area contributed by atoms with Crippen molar-refractivity contribution in [1.82, 2.24) is 0 Å². The van der Waals surface area contributed by atoms with E-state index in [2.05, 4.69) is 5.32 Å². The Hall–Kier alpha value is -3.15. The number of aryl methyl sites for hydroxylation is 2. The van der Waals surface area contributed by atoms with Crippen molar-refractivity contribution < 1.29 is 18.4 Å². The van der Waals surface area contributed by atoms with Gasteiger partial charge in [0.2, 0.25) is 5.91 Å². The molecule has 0 radical (unpaired) electrons. The first-order valence-corrected chi connectivity index (χ1v) is 7.72. The maximum absolute atomic E-state index is 13.5. The highest BCUT2D eigenvalue weighted by molar-refractivity contribution is 5.98. The summed E-state index contributed by atoms with van der Waals surface area (Å²) in [6.07, 6.45) is 1.66. The van der Waals surface area contributed by atoms with Crippen molar-refractivity contribution in [3.8, 4) is 0 Å². The molecule has 5 nitrogen and oxygen atoms in total. The van der Waals surface area contributed by atoms with Gasteiger partial charge in [-0.1, -0.05) is 12.1 Å². The van der Waals surface area contributed by atoms with Crippen LogP contribution in [0.4, 0.5) is 10.1 Å². The van der Waals surface area contributed by atoms with E-state index in [9.17, 15) is 14.0 Å². The Morgan fingerprint density at radius 3 is 2.68 bits per heavy atom. The fourth-order valence-corrected chi connectivity index (χ4v) is 2.70. The molecule has 3 N–H and O–H groups in total. The SMILES string of the molecule is Cc1ccc2c(CC(=O)Nc3ccc(F)c(C(N)=O)c3)coc2c1C. The van der Waals surface area contributed by atoms with Crippen LogP contribution in [-0.2, 0) is 11.2 Å². The van der Waals surface area contributed by atoms with Gasteiger partial charge < -0.3 is 15.5 Å². The number of fused-ring (bicyclic) bond motifs is 1. The molecule has 3 rings (SSSR count). The molecular weight excluding hydrogens is 323 g/mol. The molecule has 6 heteroatoms. The number of anilines is 1. The predicted molar refractivity (Wildman–Crippen MR) is 92.9 cm³/mol. The van der Waals surface area contributed by atoms with Gasteiger partial charge in [-0.3, -0.25) is 9.59 Å². The Morgan fingerprint density at radius 1 is 1.20 bits per heavy atom. The highest BCUT2D eigenvalue weighted by atomic mass is 19.1. The van der Waals surface area contributed by atoms with E-state index in [1.54, 1.807) is 6.26 Å². The Kier molecular flexibility index (Phi) is 4.27. The molecule has 0 atom stereocenters. The monoisotopic (exact) mass is 340 g/mol. The molecule has 25 heavy (non-hydrogen) atoms. The molecule has 0 aliphatic heterocycles. The molecule has 0 aliphatic carbocycles. The van der Waals surface area contributed by atoms with Gasteiger partial charge in [0.15, 0.2) is 0 Å². The maximum atomic E-state index is 13.5. The molecule has 0 aliphatic rings. The topological polar surface area (TPSA) is 85.3 Å². The summed E-state index contributed by atoms with van der Waals surface area (Å²) in [5, 5.41) is 3.52. The molecule has 0 saturated carbocycles. The third kappa shape index (κ3) is 3.24. The first-order valence-electron chi connectivity index (χ1n) is 7.72. The second-order valence-electron chi connectivity index (χ2n) is 5.93. The van der Waals surface area contributed by atoms with Gasteiger partial charge in [0, 0.05) is 16.6 Å². The second-order valence-corrected chi connectivity index (χ2v) is 5.93. The van der Waals surface area contributed by atoms with Gasteiger partial charge in [-0.05, 0) is 43.2 Å². The van der Waals surface area contributed by atoms with Crippen molar-refractivity contribution in [2.24, 2.45) is 5.73 Å². The minimum Gasteiger partial charge on any atom is -0.464 e. The number of furan rings is 1. The van der Waals surface area contributed by atoms with E-state index in [-0.39, 0.29) is 17.9 Å². The number of nitrogens with one attached hydrogen (secondary N) is 1. The Bertz CT molecular complexity index is 992. The van der Waals surface area contributed by atoms with E-state index in [0.29, 0.717) is 5.69 Å². The van der Waals surface area contributed by atoms with Crippen LogP contribution in [0.15, 0.2) is 41.0 Å². The molecule has 0 bridgehead atoms. The van der Waals surface area contributed by atoms with E-state index in [1.165, 1.54) is 12.1 Å². The van der Waals surface area contributed by atoms with Crippen LogP contribution in [0.5, 0.6) is 0 Å². The number of benzene rings is 2. The molecule has 2 amide bonds. The normalized spacial score (nSPS) is 10.8. The van der Waals surface area contributed by atoms with Gasteiger partial charge in [0.25, 0.3) is 5.91 Å². The minimum atomic E-state index is -0.889. The standard InChI is InChI=1S/C19H17FN2O3/c1-10-3-5-14-12(9-25-18(14)11(10)2)7-17(23)22-13-4-6-16(20)15(8-13)19(21)24/h3-6,8-9H,7H2,1-2H3,(H2,21,24)(H,22,23). The van der Waals surface area contributed by atoms with Crippen molar-refractivity contribution in [2.45, 2.75) is 20.3 Å². The molecule has 1 aromatic heterocycles. The molecule has 0 fully saturated rings. The molecule has 0 saturated heterocycles. The van der Waals surface area contributed by atoms with Crippen LogP contribution in [0.2, 0.25) is 0 Å². The lowest BCUT2D eigenvalue weighted by atomic mass is 10.0. The average molecular weight is 340 g/mol. The van der Waals surface area contributed by atoms with E-state index in [0.717, 1.165) is 33.7 Å². The van der Waals surface area contributed by atoms with Crippen molar-refractivity contribution in [3.05, 3.63) is 64.7 Å². The third-order valence-corrected chi connectivity index (χ3v) is 4.21. The number of carbonyl (C=O) groups excluding carboxylic acids is 2. The smallest absolute Gasteiger partial charge is 0.251 e. The number of hydrogen-bond donors (Lipinski definition) is 2. The largest absolute Gasteiger partial charge is 0.464 e. The van der Waals surface area contributed by atoms with E-state index in [1.807, 2.05) is 26.0 Å². The molecule has 1 heterocycles. The van der Waals surface area contributed by atoms with Gasteiger partial charge in [-0.15, -0.1) is 0 Å². The van der Waals surface area contributed by atoms with Crippen LogP contribution in [0.1, 0.15) is 27.0 Å².